The molecule has 200 valence electrons. The second-order valence-electron chi connectivity index (χ2n) is 9.19. The van der Waals surface area contributed by atoms with Crippen molar-refractivity contribution in [3.05, 3.63) is 118 Å². The zero-order chi connectivity index (χ0) is 28.6. The molecule has 1 aliphatic rings. The molecule has 0 radical (unpaired) electrons. The number of nitrogens with zero attached hydrogens (tertiary/aromatic N) is 4. The summed E-state index contributed by atoms with van der Waals surface area (Å²) in [5, 5.41) is 10.9. The summed E-state index contributed by atoms with van der Waals surface area (Å²) in [4.78, 5) is 53.4. The first kappa shape index (κ1) is 26.6. The van der Waals surface area contributed by atoms with Gasteiger partial charge in [-0.05, 0) is 80.1 Å². The number of barbiturate groups is 1. The topological polar surface area (TPSA) is 106 Å². The normalized spacial score (nSPS) is 14.8. The summed E-state index contributed by atoms with van der Waals surface area (Å²) < 4.78 is 2.02. The molecular formula is C30H24N4O5S. The smallest absolute Gasteiger partial charge is 0.318 e. The van der Waals surface area contributed by atoms with E-state index in [0.717, 1.165) is 36.7 Å². The summed E-state index contributed by atoms with van der Waals surface area (Å²) in [6.07, 6.45) is 1.54. The number of amides is 4. The summed E-state index contributed by atoms with van der Waals surface area (Å²) in [5.74, 6) is -1.32. The van der Waals surface area contributed by atoms with Gasteiger partial charge in [0, 0.05) is 46.0 Å². The van der Waals surface area contributed by atoms with Crippen molar-refractivity contribution in [1.82, 2.24) is 9.47 Å². The van der Waals surface area contributed by atoms with Gasteiger partial charge in [-0.15, -0.1) is 0 Å². The molecule has 4 amide bonds. The van der Waals surface area contributed by atoms with Gasteiger partial charge in [0.15, 0.2) is 0 Å². The molecule has 0 N–H and O–H groups in total. The quantitative estimate of drug-likeness (QED) is 0.123. The summed E-state index contributed by atoms with van der Waals surface area (Å²) in [6.45, 7) is 3.84. The zero-order valence-electron chi connectivity index (χ0n) is 21.9. The fraction of sp³-hybridized carbons (Fsp3) is 0.100. The maximum atomic E-state index is 13.4. The molecule has 0 saturated carbocycles. The number of carbonyl (C=O) groups is 3. The molecule has 1 aromatic heterocycles. The lowest BCUT2D eigenvalue weighted by molar-refractivity contribution is -0.384. The Morgan fingerprint density at radius 2 is 1.40 bits per heavy atom. The molecule has 0 atom stereocenters. The molecule has 1 aliphatic heterocycles. The number of rotatable bonds is 6. The van der Waals surface area contributed by atoms with Crippen LogP contribution in [0, 0.1) is 24.0 Å². The second kappa shape index (κ2) is 10.7. The van der Waals surface area contributed by atoms with Gasteiger partial charge >= 0.3 is 6.03 Å². The number of benzene rings is 3. The lowest BCUT2D eigenvalue weighted by Gasteiger charge is -2.31. The van der Waals surface area contributed by atoms with Gasteiger partial charge in [-0.2, -0.15) is 0 Å². The highest BCUT2D eigenvalue weighted by atomic mass is 32.2. The van der Waals surface area contributed by atoms with E-state index < -0.39 is 22.8 Å². The number of nitro groups is 1. The first-order valence-electron chi connectivity index (χ1n) is 12.3. The van der Waals surface area contributed by atoms with Crippen LogP contribution in [0.15, 0.2) is 100 Å². The Morgan fingerprint density at radius 3 is 2.00 bits per heavy atom. The van der Waals surface area contributed by atoms with E-state index in [1.807, 2.05) is 48.7 Å². The highest BCUT2D eigenvalue weighted by molar-refractivity contribution is 7.99. The van der Waals surface area contributed by atoms with Crippen LogP contribution in [-0.4, -0.2) is 39.3 Å². The van der Waals surface area contributed by atoms with E-state index in [-0.39, 0.29) is 11.3 Å². The Bertz CT molecular complexity index is 1680. The third kappa shape index (κ3) is 4.92. The minimum Gasteiger partial charge on any atom is -0.318 e. The number of aromatic nitrogens is 1. The van der Waals surface area contributed by atoms with E-state index in [2.05, 4.69) is 0 Å². The largest absolute Gasteiger partial charge is 0.338 e. The summed E-state index contributed by atoms with van der Waals surface area (Å²) >= 11 is 1.49. The van der Waals surface area contributed by atoms with Gasteiger partial charge in [-0.3, -0.25) is 24.6 Å². The van der Waals surface area contributed by atoms with E-state index in [1.165, 1.54) is 30.9 Å². The number of likely N-dealkylation sites (N-methyl/N-ethyl adjacent to an activating group) is 1. The Labute approximate surface area is 234 Å². The SMILES string of the molecule is Cc1cc(/C=C2\C(=O)N(C)C(=O)N(c3ccccc3)C2=O)c(C)n1-c1ccc(Sc2ccc([N+](=O)[O-])cc2)cc1. The van der Waals surface area contributed by atoms with E-state index in [0.29, 0.717) is 11.3 Å². The first-order chi connectivity index (χ1) is 19.2. The van der Waals surface area contributed by atoms with Crippen LogP contribution in [0.4, 0.5) is 16.2 Å². The molecule has 3 aromatic carbocycles. The summed E-state index contributed by atoms with van der Waals surface area (Å²) in [7, 11) is 1.36. The van der Waals surface area contributed by atoms with Crippen LogP contribution in [0.2, 0.25) is 0 Å². The number of nitro benzene ring substituents is 1. The number of anilines is 1. The fourth-order valence-electron chi connectivity index (χ4n) is 4.57. The van der Waals surface area contributed by atoms with Crippen LogP contribution in [-0.2, 0) is 9.59 Å². The van der Waals surface area contributed by atoms with Crippen molar-refractivity contribution in [3.63, 3.8) is 0 Å². The average Bonchev–Trinajstić information content (AvgIpc) is 3.23. The highest BCUT2D eigenvalue weighted by Crippen LogP contribution is 2.31. The van der Waals surface area contributed by atoms with Crippen molar-refractivity contribution < 1.29 is 19.3 Å². The fourth-order valence-corrected chi connectivity index (χ4v) is 5.38. The number of imide groups is 2. The molecule has 0 unspecified atom stereocenters. The van der Waals surface area contributed by atoms with E-state index in [9.17, 15) is 24.5 Å². The van der Waals surface area contributed by atoms with Gasteiger partial charge in [0.05, 0.1) is 10.6 Å². The number of urea groups is 1. The first-order valence-corrected chi connectivity index (χ1v) is 13.1. The van der Waals surface area contributed by atoms with Crippen molar-refractivity contribution in [2.75, 3.05) is 11.9 Å². The van der Waals surface area contributed by atoms with Crippen molar-refractivity contribution >= 4 is 47.1 Å². The van der Waals surface area contributed by atoms with Gasteiger partial charge in [0.25, 0.3) is 17.5 Å². The van der Waals surface area contributed by atoms with Crippen LogP contribution in [0.1, 0.15) is 17.0 Å². The molecule has 40 heavy (non-hydrogen) atoms. The summed E-state index contributed by atoms with van der Waals surface area (Å²) in [5.41, 5.74) is 3.65. The molecule has 1 fully saturated rings. The van der Waals surface area contributed by atoms with E-state index >= 15 is 0 Å². The van der Waals surface area contributed by atoms with Gasteiger partial charge in [-0.25, -0.2) is 9.69 Å². The van der Waals surface area contributed by atoms with Crippen LogP contribution in [0.25, 0.3) is 11.8 Å². The molecule has 0 spiro atoms. The van der Waals surface area contributed by atoms with E-state index in [1.54, 1.807) is 48.5 Å². The number of carbonyl (C=O) groups excluding carboxylic acids is 3. The minimum absolute atomic E-state index is 0.0478. The Morgan fingerprint density at radius 1 is 0.800 bits per heavy atom. The monoisotopic (exact) mass is 552 g/mol. The maximum Gasteiger partial charge on any atom is 0.338 e. The van der Waals surface area contributed by atoms with Crippen LogP contribution < -0.4 is 4.90 Å². The predicted octanol–water partition coefficient (Wildman–Crippen LogP) is 6.16. The summed E-state index contributed by atoms with van der Waals surface area (Å²) in [6, 6.07) is 24.0. The Balaban J connectivity index is 1.43. The van der Waals surface area contributed by atoms with Crippen LogP contribution >= 0.6 is 11.8 Å². The zero-order valence-corrected chi connectivity index (χ0v) is 22.7. The standard InChI is InChI=1S/C30H24N4O5S/c1-19-17-21(18-27-28(35)31(3)30(37)33(29(27)36)22-7-5-4-6-8-22)20(2)32(19)23-9-13-25(14-10-23)40-26-15-11-24(12-16-26)34(38)39/h4-18H,1-3H3/b27-18+. The van der Waals surface area contributed by atoms with E-state index in [4.69, 9.17) is 0 Å². The number of non-ortho nitro benzene ring substituents is 1. The van der Waals surface area contributed by atoms with Crippen molar-refractivity contribution in [1.29, 1.82) is 0 Å². The highest BCUT2D eigenvalue weighted by Gasteiger charge is 2.41. The molecule has 0 bridgehead atoms. The molecule has 9 nitrogen and oxygen atoms in total. The van der Waals surface area contributed by atoms with Crippen molar-refractivity contribution in [3.8, 4) is 5.69 Å². The average molecular weight is 553 g/mol. The molecule has 0 aliphatic carbocycles. The van der Waals surface area contributed by atoms with Gasteiger partial charge in [-0.1, -0.05) is 30.0 Å². The van der Waals surface area contributed by atoms with Gasteiger partial charge in [0.1, 0.15) is 5.57 Å². The molecular weight excluding hydrogens is 528 g/mol. The number of hydrogen-bond acceptors (Lipinski definition) is 6. The Kier molecular flexibility index (Phi) is 7.10. The predicted molar refractivity (Wildman–Crippen MR) is 153 cm³/mol. The van der Waals surface area contributed by atoms with Crippen LogP contribution in [0.5, 0.6) is 0 Å². The molecule has 1 saturated heterocycles. The van der Waals surface area contributed by atoms with Gasteiger partial charge in [0.2, 0.25) is 0 Å². The number of aryl methyl sites for hydroxylation is 1. The Hall–Kier alpha value is -4.96. The van der Waals surface area contributed by atoms with Crippen molar-refractivity contribution in [2.24, 2.45) is 0 Å². The molecule has 10 heteroatoms. The third-order valence-electron chi connectivity index (χ3n) is 6.61. The van der Waals surface area contributed by atoms with Crippen molar-refractivity contribution in [2.45, 2.75) is 23.6 Å². The van der Waals surface area contributed by atoms with Gasteiger partial charge < -0.3 is 4.57 Å². The molecule has 4 aromatic rings. The lowest BCUT2D eigenvalue weighted by atomic mass is 10.1. The third-order valence-corrected chi connectivity index (χ3v) is 7.63. The number of hydrogen-bond donors (Lipinski definition) is 0. The number of para-hydroxylation sites is 1. The molecule has 5 rings (SSSR count). The van der Waals surface area contributed by atoms with Crippen LogP contribution in [0.3, 0.4) is 0 Å². The minimum atomic E-state index is -0.699. The lowest BCUT2D eigenvalue weighted by Crippen LogP contribution is -2.55. The second-order valence-corrected chi connectivity index (χ2v) is 10.3. The maximum absolute atomic E-state index is 13.4. The molecule has 2 heterocycles.